The van der Waals surface area contributed by atoms with Crippen molar-refractivity contribution in [1.82, 2.24) is 5.32 Å². The van der Waals surface area contributed by atoms with Crippen molar-refractivity contribution >= 4 is 11.9 Å². The molecule has 1 aliphatic rings. The zero-order chi connectivity index (χ0) is 16.1. The Morgan fingerprint density at radius 1 is 1.45 bits per heavy atom. The van der Waals surface area contributed by atoms with Gasteiger partial charge in [0.05, 0.1) is 7.11 Å². The fourth-order valence-corrected chi connectivity index (χ4v) is 2.67. The summed E-state index contributed by atoms with van der Waals surface area (Å²) < 4.78 is 5.19. The van der Waals surface area contributed by atoms with Crippen molar-refractivity contribution in [2.75, 3.05) is 7.11 Å². The number of hydrogen-bond acceptors (Lipinski definition) is 3. The predicted octanol–water partition coefficient (Wildman–Crippen LogP) is 2.56. The van der Waals surface area contributed by atoms with Gasteiger partial charge in [-0.1, -0.05) is 31.9 Å². The topological polar surface area (TPSA) is 75.6 Å². The Morgan fingerprint density at radius 3 is 2.86 bits per heavy atom. The van der Waals surface area contributed by atoms with Crippen molar-refractivity contribution in [1.29, 1.82) is 0 Å². The lowest BCUT2D eigenvalue weighted by molar-refractivity contribution is -0.142. The first-order chi connectivity index (χ1) is 10.6. The Labute approximate surface area is 130 Å². The Balaban J connectivity index is 1.93. The van der Waals surface area contributed by atoms with Gasteiger partial charge in [-0.2, -0.15) is 0 Å². The van der Waals surface area contributed by atoms with Crippen LogP contribution in [0.3, 0.4) is 0 Å². The summed E-state index contributed by atoms with van der Waals surface area (Å²) in [5.74, 6) is -0.307. The van der Waals surface area contributed by atoms with Crippen LogP contribution in [0, 0.1) is 5.92 Å². The molecule has 0 radical (unpaired) electrons. The number of ether oxygens (including phenoxy) is 1. The standard InChI is InChI=1S/C17H23NO4/c1-3-4-8-15(17(20)21)18-16(19)14-10-13(14)11-6-5-7-12(9-11)22-2/h5-7,9,13-15H,3-4,8,10H2,1-2H3,(H,18,19)(H,20,21). The van der Waals surface area contributed by atoms with Crippen LogP contribution in [0.5, 0.6) is 5.75 Å². The summed E-state index contributed by atoms with van der Waals surface area (Å²) in [6.45, 7) is 2.00. The van der Waals surface area contributed by atoms with Crippen molar-refractivity contribution < 1.29 is 19.4 Å². The van der Waals surface area contributed by atoms with E-state index in [2.05, 4.69) is 5.32 Å². The van der Waals surface area contributed by atoms with Gasteiger partial charge in [-0.25, -0.2) is 4.79 Å². The van der Waals surface area contributed by atoms with E-state index < -0.39 is 12.0 Å². The van der Waals surface area contributed by atoms with E-state index in [9.17, 15) is 14.7 Å². The molecule has 2 rings (SSSR count). The van der Waals surface area contributed by atoms with E-state index in [-0.39, 0.29) is 17.7 Å². The number of rotatable bonds is 8. The molecule has 0 bridgehead atoms. The van der Waals surface area contributed by atoms with Crippen molar-refractivity contribution in [2.24, 2.45) is 5.92 Å². The average molecular weight is 305 g/mol. The third-order valence-corrected chi connectivity index (χ3v) is 4.11. The van der Waals surface area contributed by atoms with Crippen LogP contribution >= 0.6 is 0 Å². The maximum absolute atomic E-state index is 12.2. The van der Waals surface area contributed by atoms with Crippen molar-refractivity contribution in [2.45, 2.75) is 44.6 Å². The van der Waals surface area contributed by atoms with Crippen LogP contribution in [0.1, 0.15) is 44.1 Å². The van der Waals surface area contributed by atoms with Crippen molar-refractivity contribution in [3.8, 4) is 5.75 Å². The van der Waals surface area contributed by atoms with E-state index in [0.717, 1.165) is 30.6 Å². The lowest BCUT2D eigenvalue weighted by Crippen LogP contribution is -2.41. The highest BCUT2D eigenvalue weighted by molar-refractivity contribution is 5.87. The Hall–Kier alpha value is -2.04. The summed E-state index contributed by atoms with van der Waals surface area (Å²) in [7, 11) is 1.61. The molecular weight excluding hydrogens is 282 g/mol. The van der Waals surface area contributed by atoms with Gasteiger partial charge in [0.1, 0.15) is 11.8 Å². The molecule has 1 fully saturated rings. The molecule has 5 nitrogen and oxygen atoms in total. The smallest absolute Gasteiger partial charge is 0.326 e. The van der Waals surface area contributed by atoms with Gasteiger partial charge in [0.2, 0.25) is 5.91 Å². The quantitative estimate of drug-likeness (QED) is 0.774. The number of amides is 1. The maximum Gasteiger partial charge on any atom is 0.326 e. The highest BCUT2D eigenvalue weighted by Gasteiger charge is 2.44. The molecule has 3 atom stereocenters. The van der Waals surface area contributed by atoms with E-state index in [1.165, 1.54) is 0 Å². The van der Waals surface area contributed by atoms with E-state index in [1.807, 2.05) is 31.2 Å². The summed E-state index contributed by atoms with van der Waals surface area (Å²) in [6, 6.07) is 6.91. The normalized spacial score (nSPS) is 21.0. The van der Waals surface area contributed by atoms with Gasteiger partial charge in [-0.05, 0) is 36.5 Å². The highest BCUT2D eigenvalue weighted by atomic mass is 16.5. The molecule has 0 saturated heterocycles. The molecule has 0 heterocycles. The number of carbonyl (C=O) groups is 2. The first-order valence-electron chi connectivity index (χ1n) is 7.74. The molecule has 2 N–H and O–H groups in total. The van der Waals surface area contributed by atoms with E-state index >= 15 is 0 Å². The number of aliphatic carboxylic acids is 1. The van der Waals surface area contributed by atoms with Crippen LogP contribution in [0.4, 0.5) is 0 Å². The van der Waals surface area contributed by atoms with Crippen LogP contribution in [0.25, 0.3) is 0 Å². The monoisotopic (exact) mass is 305 g/mol. The number of methoxy groups -OCH3 is 1. The predicted molar refractivity (Wildman–Crippen MR) is 82.9 cm³/mol. The molecule has 3 unspecified atom stereocenters. The number of unbranched alkanes of at least 4 members (excludes halogenated alkanes) is 1. The van der Waals surface area contributed by atoms with Gasteiger partial charge in [0.25, 0.3) is 0 Å². The summed E-state index contributed by atoms with van der Waals surface area (Å²) in [6.07, 6.45) is 2.95. The van der Waals surface area contributed by atoms with Gasteiger partial charge >= 0.3 is 5.97 Å². The van der Waals surface area contributed by atoms with E-state index in [4.69, 9.17) is 4.74 Å². The fourth-order valence-electron chi connectivity index (χ4n) is 2.67. The molecular formula is C17H23NO4. The van der Waals surface area contributed by atoms with Gasteiger partial charge in [-0.3, -0.25) is 4.79 Å². The van der Waals surface area contributed by atoms with E-state index in [0.29, 0.717) is 6.42 Å². The van der Waals surface area contributed by atoms with Crippen LogP contribution in [0.15, 0.2) is 24.3 Å². The van der Waals surface area contributed by atoms with Crippen LogP contribution in [-0.4, -0.2) is 30.1 Å². The van der Waals surface area contributed by atoms with Crippen molar-refractivity contribution in [3.63, 3.8) is 0 Å². The number of carbonyl (C=O) groups excluding carboxylic acids is 1. The SMILES string of the molecule is CCCCC(NC(=O)C1CC1c1cccc(OC)c1)C(=O)O. The second-order valence-electron chi connectivity index (χ2n) is 5.77. The van der Waals surface area contributed by atoms with Gasteiger partial charge in [0.15, 0.2) is 0 Å². The fraction of sp³-hybridized carbons (Fsp3) is 0.529. The summed E-state index contributed by atoms with van der Waals surface area (Å²) in [5, 5.41) is 11.8. The third kappa shape index (κ3) is 4.00. The Kier molecular flexibility index (Phi) is 5.41. The van der Waals surface area contributed by atoms with Crippen molar-refractivity contribution in [3.05, 3.63) is 29.8 Å². The minimum absolute atomic E-state index is 0.129. The Bertz CT molecular complexity index is 543. The van der Waals surface area contributed by atoms with E-state index in [1.54, 1.807) is 7.11 Å². The first kappa shape index (κ1) is 16.3. The Morgan fingerprint density at radius 2 is 2.23 bits per heavy atom. The third-order valence-electron chi connectivity index (χ3n) is 4.11. The van der Waals surface area contributed by atoms with Crippen LogP contribution < -0.4 is 10.1 Å². The summed E-state index contributed by atoms with van der Waals surface area (Å²) in [5.41, 5.74) is 1.07. The molecule has 0 spiro atoms. The molecule has 1 aromatic rings. The lowest BCUT2D eigenvalue weighted by atomic mass is 10.1. The minimum atomic E-state index is -0.958. The summed E-state index contributed by atoms with van der Waals surface area (Å²) in [4.78, 5) is 23.4. The molecule has 0 aliphatic heterocycles. The van der Waals surface area contributed by atoms with Crippen LogP contribution in [-0.2, 0) is 9.59 Å². The average Bonchev–Trinajstić information content (AvgIpc) is 3.31. The van der Waals surface area contributed by atoms with Gasteiger partial charge in [0, 0.05) is 5.92 Å². The second-order valence-corrected chi connectivity index (χ2v) is 5.77. The minimum Gasteiger partial charge on any atom is -0.497 e. The maximum atomic E-state index is 12.2. The number of hydrogen-bond donors (Lipinski definition) is 2. The van der Waals surface area contributed by atoms with Gasteiger partial charge in [-0.15, -0.1) is 0 Å². The highest BCUT2D eigenvalue weighted by Crippen LogP contribution is 2.48. The molecule has 22 heavy (non-hydrogen) atoms. The molecule has 1 aromatic carbocycles. The largest absolute Gasteiger partial charge is 0.497 e. The lowest BCUT2D eigenvalue weighted by Gasteiger charge is -2.14. The number of benzene rings is 1. The number of carboxylic acid groups (broad SMARTS) is 1. The van der Waals surface area contributed by atoms with Crippen LogP contribution in [0.2, 0.25) is 0 Å². The summed E-state index contributed by atoms with van der Waals surface area (Å²) >= 11 is 0. The molecule has 120 valence electrons. The molecule has 0 aromatic heterocycles. The zero-order valence-corrected chi connectivity index (χ0v) is 13.0. The zero-order valence-electron chi connectivity index (χ0n) is 13.0. The number of carboxylic acids is 1. The molecule has 5 heteroatoms. The van der Waals surface area contributed by atoms with Gasteiger partial charge < -0.3 is 15.2 Å². The number of nitrogens with one attached hydrogen (secondary N) is 1. The first-order valence-corrected chi connectivity index (χ1v) is 7.74. The second kappa shape index (κ2) is 7.29. The molecule has 1 amide bonds. The molecule has 1 aliphatic carbocycles. The molecule has 1 saturated carbocycles.